The first-order valence-electron chi connectivity index (χ1n) is 11.9. The lowest BCUT2D eigenvalue weighted by Crippen LogP contribution is -2.44. The molecule has 10 nitrogen and oxygen atoms in total. The van der Waals surface area contributed by atoms with Crippen molar-refractivity contribution in [1.29, 1.82) is 5.26 Å². The topological polar surface area (TPSA) is 118 Å². The molecule has 2 aliphatic heterocycles. The molecule has 10 heteroatoms. The van der Waals surface area contributed by atoms with Gasteiger partial charge in [-0.2, -0.15) is 10.4 Å². The van der Waals surface area contributed by atoms with Crippen molar-refractivity contribution >= 4 is 17.3 Å². The Bertz CT molecular complexity index is 1270. The number of aryl methyl sites for hydroxylation is 1. The summed E-state index contributed by atoms with van der Waals surface area (Å²) in [5.41, 5.74) is 5.19. The highest BCUT2D eigenvalue weighted by molar-refractivity contribution is 5.76. The Morgan fingerprint density at radius 1 is 1.23 bits per heavy atom. The molecule has 3 aromatic rings. The third-order valence-electron chi connectivity index (χ3n) is 6.99. The molecule has 2 aliphatic rings. The highest BCUT2D eigenvalue weighted by atomic mass is 16.3. The number of rotatable bonds is 6. The Hall–Kier alpha value is -3.52. The number of anilines is 3. The summed E-state index contributed by atoms with van der Waals surface area (Å²) in [6.45, 7) is 7.47. The van der Waals surface area contributed by atoms with Gasteiger partial charge in [0.1, 0.15) is 6.07 Å². The van der Waals surface area contributed by atoms with Gasteiger partial charge in [-0.1, -0.05) is 6.92 Å². The van der Waals surface area contributed by atoms with Crippen LogP contribution in [-0.4, -0.2) is 81.0 Å². The SMILES string of the molecule is CN1CCN(Cc2nn(C)cc2Nc2nccc(-c3cc(C#N)c4c(c3)[C@@](C)(CO)CN4)n2)CC1. The number of nitriles is 1. The van der Waals surface area contributed by atoms with Crippen LogP contribution in [0.4, 0.5) is 17.3 Å². The van der Waals surface area contributed by atoms with Crippen LogP contribution >= 0.6 is 0 Å². The van der Waals surface area contributed by atoms with E-state index < -0.39 is 5.41 Å². The first-order chi connectivity index (χ1) is 16.9. The fourth-order valence-corrected chi connectivity index (χ4v) is 4.74. The largest absolute Gasteiger partial charge is 0.395 e. The van der Waals surface area contributed by atoms with Crippen molar-refractivity contribution < 1.29 is 5.11 Å². The first kappa shape index (κ1) is 23.2. The van der Waals surface area contributed by atoms with Crippen LogP contribution in [0.5, 0.6) is 0 Å². The molecule has 1 saturated heterocycles. The fourth-order valence-electron chi connectivity index (χ4n) is 4.74. The van der Waals surface area contributed by atoms with E-state index in [9.17, 15) is 10.4 Å². The van der Waals surface area contributed by atoms with Crippen LogP contribution in [-0.2, 0) is 19.0 Å². The third-order valence-corrected chi connectivity index (χ3v) is 6.99. The lowest BCUT2D eigenvalue weighted by molar-refractivity contribution is 0.147. The molecule has 0 spiro atoms. The average molecular weight is 474 g/mol. The van der Waals surface area contributed by atoms with Crippen molar-refractivity contribution in [2.24, 2.45) is 7.05 Å². The fraction of sp³-hybridized carbons (Fsp3) is 0.440. The number of aliphatic hydroxyl groups excluding tert-OH is 1. The van der Waals surface area contributed by atoms with E-state index in [4.69, 9.17) is 4.98 Å². The minimum atomic E-state index is -0.446. The van der Waals surface area contributed by atoms with Gasteiger partial charge in [0.05, 0.1) is 34.9 Å². The number of piperazine rings is 1. The van der Waals surface area contributed by atoms with Crippen molar-refractivity contribution in [1.82, 2.24) is 29.5 Å². The molecule has 0 amide bonds. The van der Waals surface area contributed by atoms with Crippen LogP contribution in [0.1, 0.15) is 23.7 Å². The molecule has 0 aliphatic carbocycles. The minimum Gasteiger partial charge on any atom is -0.395 e. The summed E-state index contributed by atoms with van der Waals surface area (Å²) in [5, 5.41) is 31.0. The molecule has 0 bridgehead atoms. The maximum atomic E-state index is 9.99. The average Bonchev–Trinajstić information content (AvgIpc) is 3.39. The van der Waals surface area contributed by atoms with Crippen LogP contribution in [0.3, 0.4) is 0 Å². The molecule has 2 aromatic heterocycles. The van der Waals surface area contributed by atoms with E-state index >= 15 is 0 Å². The van der Waals surface area contributed by atoms with Gasteiger partial charge in [-0.25, -0.2) is 9.97 Å². The van der Waals surface area contributed by atoms with E-state index in [2.05, 4.69) is 43.6 Å². The van der Waals surface area contributed by atoms with Crippen LogP contribution in [0.15, 0.2) is 30.6 Å². The van der Waals surface area contributed by atoms with Crippen LogP contribution in [0, 0.1) is 11.3 Å². The van der Waals surface area contributed by atoms with E-state index in [0.717, 1.165) is 60.9 Å². The Balaban J connectivity index is 1.42. The minimum absolute atomic E-state index is 0.00497. The van der Waals surface area contributed by atoms with E-state index in [1.165, 1.54) is 0 Å². The summed E-state index contributed by atoms with van der Waals surface area (Å²) in [6.07, 6.45) is 3.66. The molecule has 35 heavy (non-hydrogen) atoms. The monoisotopic (exact) mass is 473 g/mol. The van der Waals surface area contributed by atoms with Crippen molar-refractivity contribution in [2.75, 3.05) is 57.0 Å². The number of benzene rings is 1. The van der Waals surface area contributed by atoms with Gasteiger partial charge in [0, 0.05) is 69.7 Å². The molecule has 0 saturated carbocycles. The van der Waals surface area contributed by atoms with Gasteiger partial charge in [-0.05, 0) is 30.8 Å². The Morgan fingerprint density at radius 3 is 2.77 bits per heavy atom. The summed E-state index contributed by atoms with van der Waals surface area (Å²) < 4.78 is 1.81. The van der Waals surface area contributed by atoms with Crippen LogP contribution in [0.2, 0.25) is 0 Å². The van der Waals surface area contributed by atoms with E-state index in [1.807, 2.05) is 38.4 Å². The van der Waals surface area contributed by atoms with Gasteiger partial charge >= 0.3 is 0 Å². The zero-order valence-corrected chi connectivity index (χ0v) is 20.4. The van der Waals surface area contributed by atoms with Gasteiger partial charge in [0.2, 0.25) is 5.95 Å². The molecule has 1 fully saturated rings. The maximum Gasteiger partial charge on any atom is 0.227 e. The molecule has 3 N–H and O–H groups in total. The first-order valence-corrected chi connectivity index (χ1v) is 11.9. The molecule has 1 aromatic carbocycles. The molecule has 0 radical (unpaired) electrons. The molecule has 0 unspecified atom stereocenters. The predicted molar refractivity (Wildman–Crippen MR) is 134 cm³/mol. The van der Waals surface area contributed by atoms with Crippen molar-refractivity contribution in [2.45, 2.75) is 18.9 Å². The van der Waals surface area contributed by atoms with Gasteiger partial charge in [0.15, 0.2) is 0 Å². The Morgan fingerprint density at radius 2 is 2.03 bits per heavy atom. The molecule has 5 rings (SSSR count). The van der Waals surface area contributed by atoms with Crippen LogP contribution in [0.25, 0.3) is 11.3 Å². The maximum absolute atomic E-state index is 9.99. The number of likely N-dealkylation sites (N-methyl/N-ethyl adjacent to an activating group) is 1. The summed E-state index contributed by atoms with van der Waals surface area (Å²) >= 11 is 0. The van der Waals surface area contributed by atoms with Crippen molar-refractivity contribution in [3.63, 3.8) is 0 Å². The number of nitrogens with one attached hydrogen (secondary N) is 2. The standard InChI is InChI=1S/C25H31N9O/c1-25(16-35)15-28-23-18(12-26)10-17(11-19(23)25)20-4-5-27-24(29-20)30-21-13-33(3)31-22(21)14-34-8-6-32(2)7-9-34/h4-5,10-11,13,28,35H,6-9,14-16H2,1-3H3,(H,27,29,30)/t25-/m1/s1. The zero-order chi connectivity index (χ0) is 24.6. The second kappa shape index (κ2) is 9.26. The molecular weight excluding hydrogens is 442 g/mol. The van der Waals surface area contributed by atoms with Crippen LogP contribution < -0.4 is 10.6 Å². The lowest BCUT2D eigenvalue weighted by Gasteiger charge is -2.31. The van der Waals surface area contributed by atoms with E-state index in [-0.39, 0.29) is 6.61 Å². The molecule has 182 valence electrons. The van der Waals surface area contributed by atoms with Gasteiger partial charge in [-0.3, -0.25) is 9.58 Å². The summed E-state index contributed by atoms with van der Waals surface area (Å²) in [4.78, 5) is 13.9. The normalized spacial score (nSPS) is 20.3. The second-order valence-electron chi connectivity index (χ2n) is 9.76. The molecular formula is C25H31N9O. The summed E-state index contributed by atoms with van der Waals surface area (Å²) in [6, 6.07) is 7.97. The number of aliphatic hydroxyl groups is 1. The quantitative estimate of drug-likeness (QED) is 0.493. The number of aromatic nitrogens is 4. The Labute approximate surface area is 205 Å². The van der Waals surface area contributed by atoms with E-state index in [1.54, 1.807) is 10.9 Å². The molecule has 4 heterocycles. The van der Waals surface area contributed by atoms with Crippen molar-refractivity contribution in [3.05, 3.63) is 47.4 Å². The van der Waals surface area contributed by atoms with Gasteiger partial charge in [0.25, 0.3) is 0 Å². The van der Waals surface area contributed by atoms with E-state index in [0.29, 0.717) is 23.8 Å². The van der Waals surface area contributed by atoms with Crippen molar-refractivity contribution in [3.8, 4) is 17.3 Å². The summed E-state index contributed by atoms with van der Waals surface area (Å²) in [7, 11) is 4.06. The smallest absolute Gasteiger partial charge is 0.227 e. The highest BCUT2D eigenvalue weighted by Crippen LogP contribution is 2.41. The van der Waals surface area contributed by atoms with Gasteiger partial charge in [-0.15, -0.1) is 0 Å². The number of nitrogens with zero attached hydrogens (tertiary/aromatic N) is 7. The number of fused-ring (bicyclic) bond motifs is 1. The van der Waals surface area contributed by atoms with Gasteiger partial charge < -0.3 is 20.6 Å². The highest BCUT2D eigenvalue weighted by Gasteiger charge is 2.36. The zero-order valence-electron chi connectivity index (χ0n) is 20.4. The third kappa shape index (κ3) is 4.58. The number of hydrogen-bond acceptors (Lipinski definition) is 9. The Kier molecular flexibility index (Phi) is 6.15. The molecule has 1 atom stereocenters. The summed E-state index contributed by atoms with van der Waals surface area (Å²) in [5.74, 6) is 0.470. The predicted octanol–water partition coefficient (Wildman–Crippen LogP) is 1.92. The lowest BCUT2D eigenvalue weighted by atomic mass is 9.83. The number of hydrogen-bond donors (Lipinski definition) is 3. The second-order valence-corrected chi connectivity index (χ2v) is 9.76.